The fourth-order valence-electron chi connectivity index (χ4n) is 5.46. The van der Waals surface area contributed by atoms with Crippen LogP contribution in [0.1, 0.15) is 64.7 Å². The van der Waals surface area contributed by atoms with E-state index in [0.717, 1.165) is 5.56 Å². The van der Waals surface area contributed by atoms with Gasteiger partial charge in [-0.1, -0.05) is 74.8 Å². The van der Waals surface area contributed by atoms with Gasteiger partial charge in [-0.2, -0.15) is 0 Å². The number of amides is 2. The van der Waals surface area contributed by atoms with Crippen molar-refractivity contribution in [3.63, 3.8) is 0 Å². The van der Waals surface area contributed by atoms with Gasteiger partial charge in [0.05, 0.1) is 23.7 Å². The summed E-state index contributed by atoms with van der Waals surface area (Å²) in [6, 6.07) is 13.9. The Kier molecular flexibility index (Phi) is 12.1. The van der Waals surface area contributed by atoms with Crippen molar-refractivity contribution < 1.29 is 38.1 Å². The number of hydrogen-bond donors (Lipinski definition) is 2. The lowest BCUT2D eigenvalue weighted by molar-refractivity contribution is -0.179. The molecule has 2 heterocycles. The van der Waals surface area contributed by atoms with Crippen LogP contribution < -0.4 is 15.4 Å². The number of esters is 2. The van der Waals surface area contributed by atoms with Crippen molar-refractivity contribution in [1.82, 2.24) is 10.6 Å². The van der Waals surface area contributed by atoms with Gasteiger partial charge in [0.1, 0.15) is 24.0 Å². The molecule has 10 nitrogen and oxygen atoms in total. The van der Waals surface area contributed by atoms with E-state index in [-0.39, 0.29) is 49.9 Å². The van der Waals surface area contributed by atoms with Crippen LogP contribution in [0.3, 0.4) is 0 Å². The molecule has 1 unspecified atom stereocenters. The zero-order valence-electron chi connectivity index (χ0n) is 27.8. The number of nitrogens with one attached hydrogen (secondary N) is 2. The highest BCUT2D eigenvalue weighted by molar-refractivity contribution is 6.32. The Morgan fingerprint density at radius 3 is 2.40 bits per heavy atom. The van der Waals surface area contributed by atoms with Gasteiger partial charge in [-0.05, 0) is 55.5 Å². The van der Waals surface area contributed by atoms with Crippen LogP contribution in [0, 0.1) is 17.3 Å². The van der Waals surface area contributed by atoms with Crippen LogP contribution in [-0.2, 0) is 39.8 Å². The Morgan fingerprint density at radius 1 is 1.02 bits per heavy atom. The minimum absolute atomic E-state index is 0.0228. The van der Waals surface area contributed by atoms with Crippen LogP contribution in [-0.4, -0.2) is 61.8 Å². The number of carbonyl (C=O) groups is 4. The van der Waals surface area contributed by atoms with Gasteiger partial charge >= 0.3 is 11.9 Å². The fourth-order valence-corrected chi connectivity index (χ4v) is 5.75. The van der Waals surface area contributed by atoms with E-state index in [2.05, 4.69) is 10.6 Å². The Hall–Kier alpha value is -3.89. The first kappa shape index (κ1) is 36.0. The molecule has 0 radical (unpaired) electrons. The Balaban J connectivity index is 1.61. The van der Waals surface area contributed by atoms with Crippen molar-refractivity contribution in [2.75, 3.05) is 13.7 Å². The van der Waals surface area contributed by atoms with E-state index in [1.807, 2.05) is 51.1 Å². The van der Waals surface area contributed by atoms with Crippen LogP contribution in [0.2, 0.25) is 5.02 Å². The third-order valence-corrected chi connectivity index (χ3v) is 8.70. The topological polar surface area (TPSA) is 133 Å². The SMILES string of the molecule is COc1ccc(C[C@H]2NC(=O)C=CCC([C@H](C)[C@@H]3O[C@H]3c3ccccc3)OC(=O)[C@H](CC(C)C)OC(=O)C(C)(C)CNC2=O)cc1Cl. The average Bonchev–Trinajstić information content (AvgIpc) is 3.83. The van der Waals surface area contributed by atoms with Gasteiger partial charge in [0.25, 0.3) is 0 Å². The molecule has 47 heavy (non-hydrogen) atoms. The maximum atomic E-state index is 13.6. The molecule has 6 atom stereocenters. The van der Waals surface area contributed by atoms with Crippen molar-refractivity contribution in [3.8, 4) is 5.75 Å². The number of halogens is 1. The second kappa shape index (κ2) is 15.8. The smallest absolute Gasteiger partial charge is 0.347 e. The van der Waals surface area contributed by atoms with Crippen molar-refractivity contribution >= 4 is 35.4 Å². The van der Waals surface area contributed by atoms with Crippen molar-refractivity contribution in [3.05, 3.63) is 76.8 Å². The zero-order valence-corrected chi connectivity index (χ0v) is 28.5. The van der Waals surface area contributed by atoms with E-state index >= 15 is 0 Å². The minimum Gasteiger partial charge on any atom is -0.495 e. The van der Waals surface area contributed by atoms with Gasteiger partial charge in [0.2, 0.25) is 11.8 Å². The summed E-state index contributed by atoms with van der Waals surface area (Å²) >= 11 is 6.32. The number of benzene rings is 2. The molecule has 4 rings (SSSR count). The molecule has 2 aromatic carbocycles. The summed E-state index contributed by atoms with van der Waals surface area (Å²) in [5, 5.41) is 5.91. The summed E-state index contributed by atoms with van der Waals surface area (Å²) in [6.07, 6.45) is 1.34. The van der Waals surface area contributed by atoms with Gasteiger partial charge in [-0.15, -0.1) is 0 Å². The van der Waals surface area contributed by atoms with Crippen molar-refractivity contribution in [2.24, 2.45) is 17.3 Å². The molecule has 2 N–H and O–H groups in total. The number of hydrogen-bond acceptors (Lipinski definition) is 8. The molecule has 0 spiro atoms. The normalized spacial score (nSPS) is 26.1. The maximum absolute atomic E-state index is 13.6. The quantitative estimate of drug-likeness (QED) is 0.293. The van der Waals surface area contributed by atoms with Crippen LogP contribution >= 0.6 is 11.6 Å². The van der Waals surface area contributed by atoms with Gasteiger partial charge < -0.3 is 29.6 Å². The van der Waals surface area contributed by atoms with E-state index < -0.39 is 47.4 Å². The van der Waals surface area contributed by atoms with E-state index in [1.165, 1.54) is 13.2 Å². The van der Waals surface area contributed by atoms with Crippen LogP contribution in [0.5, 0.6) is 5.75 Å². The Morgan fingerprint density at radius 2 is 1.74 bits per heavy atom. The number of cyclic esters (lactones) is 2. The monoisotopic (exact) mass is 668 g/mol. The lowest BCUT2D eigenvalue weighted by Gasteiger charge is -2.29. The summed E-state index contributed by atoms with van der Waals surface area (Å²) in [6.45, 7) is 8.92. The molecule has 0 bridgehead atoms. The first-order chi connectivity index (χ1) is 22.3. The molecular weight excluding hydrogens is 624 g/mol. The molecule has 2 aliphatic rings. The first-order valence-electron chi connectivity index (χ1n) is 16.0. The van der Waals surface area contributed by atoms with Crippen LogP contribution in [0.15, 0.2) is 60.7 Å². The molecule has 11 heteroatoms. The second-order valence-corrected chi connectivity index (χ2v) is 13.7. The molecule has 254 valence electrons. The number of epoxide rings is 1. The average molecular weight is 669 g/mol. The fraction of sp³-hybridized carbons (Fsp3) is 0.500. The molecule has 1 saturated heterocycles. The van der Waals surface area contributed by atoms with Crippen LogP contribution in [0.4, 0.5) is 0 Å². The Bertz CT molecular complexity index is 1460. The van der Waals surface area contributed by atoms with Gasteiger partial charge in [0.15, 0.2) is 6.10 Å². The van der Waals surface area contributed by atoms with Gasteiger partial charge in [-0.25, -0.2) is 4.79 Å². The molecule has 2 aromatic rings. The van der Waals surface area contributed by atoms with E-state index in [0.29, 0.717) is 16.3 Å². The summed E-state index contributed by atoms with van der Waals surface area (Å²) in [7, 11) is 1.51. The predicted molar refractivity (Wildman–Crippen MR) is 177 cm³/mol. The Labute approximate surface area is 281 Å². The standard InChI is InChI=1S/C36H45ClN2O8/c1-21(2)17-29-34(42)45-27(22(3)31-32(47-31)24-11-8-7-9-12-24)13-10-14-30(40)39-26(19-23-15-16-28(44-6)25(37)18-23)33(41)38-20-36(4,5)35(43)46-29/h7-12,14-16,18,21-22,26-27,29,31-32H,13,17,19-20H2,1-6H3,(H,38,41)(H,39,40)/t22-,26+,27?,29-,31-,32-/m0/s1. The van der Waals surface area contributed by atoms with Gasteiger partial charge in [0, 0.05) is 25.3 Å². The number of methoxy groups -OCH3 is 1. The molecule has 0 aliphatic carbocycles. The zero-order chi connectivity index (χ0) is 34.3. The second-order valence-electron chi connectivity index (χ2n) is 13.3. The number of carbonyl (C=O) groups excluding carboxylic acids is 4. The summed E-state index contributed by atoms with van der Waals surface area (Å²) in [4.78, 5) is 53.6. The summed E-state index contributed by atoms with van der Waals surface area (Å²) in [5.74, 6) is -2.06. The maximum Gasteiger partial charge on any atom is 0.347 e. The molecule has 0 saturated carbocycles. The highest BCUT2D eigenvalue weighted by Crippen LogP contribution is 2.45. The van der Waals surface area contributed by atoms with Gasteiger partial charge in [-0.3, -0.25) is 14.4 Å². The van der Waals surface area contributed by atoms with Crippen LogP contribution in [0.25, 0.3) is 0 Å². The highest BCUT2D eigenvalue weighted by atomic mass is 35.5. The molecule has 2 aliphatic heterocycles. The highest BCUT2D eigenvalue weighted by Gasteiger charge is 2.48. The first-order valence-corrected chi connectivity index (χ1v) is 16.4. The van der Waals surface area contributed by atoms with Crippen molar-refractivity contribution in [2.45, 2.75) is 84.3 Å². The van der Waals surface area contributed by atoms with E-state index in [4.69, 9.17) is 30.5 Å². The lowest BCUT2D eigenvalue weighted by atomic mass is 9.92. The molecule has 0 aromatic heterocycles. The largest absolute Gasteiger partial charge is 0.495 e. The molecule has 1 fully saturated rings. The predicted octanol–water partition coefficient (Wildman–Crippen LogP) is 5.12. The number of ether oxygens (including phenoxy) is 4. The van der Waals surface area contributed by atoms with E-state index in [1.54, 1.807) is 38.1 Å². The molecular formula is C36H45ClN2O8. The third-order valence-electron chi connectivity index (χ3n) is 8.41. The summed E-state index contributed by atoms with van der Waals surface area (Å²) in [5.41, 5.74) is 0.524. The molecule has 2 amide bonds. The third kappa shape index (κ3) is 9.81. The van der Waals surface area contributed by atoms with Crippen molar-refractivity contribution in [1.29, 1.82) is 0 Å². The number of rotatable bonds is 8. The summed E-state index contributed by atoms with van der Waals surface area (Å²) < 4.78 is 23.1. The lowest BCUT2D eigenvalue weighted by Crippen LogP contribution is -2.51. The van der Waals surface area contributed by atoms with E-state index in [9.17, 15) is 19.2 Å². The minimum atomic E-state index is -1.20.